The van der Waals surface area contributed by atoms with Crippen LogP contribution in [0.5, 0.6) is 0 Å². The molecule has 2 N–H and O–H groups in total. The van der Waals surface area contributed by atoms with Crippen LogP contribution in [0.1, 0.15) is 24.8 Å². The van der Waals surface area contributed by atoms with Crippen molar-refractivity contribution < 1.29 is 0 Å². The topological polar surface area (TPSA) is 27.3 Å². The molecule has 3 heteroatoms. The number of benzene rings is 1. The van der Waals surface area contributed by atoms with Crippen LogP contribution in [0, 0.1) is 5.92 Å². The molecule has 19 heavy (non-hydrogen) atoms. The fourth-order valence-corrected chi connectivity index (χ4v) is 2.73. The first-order chi connectivity index (χ1) is 9.28. The third-order valence-corrected chi connectivity index (χ3v) is 4.11. The summed E-state index contributed by atoms with van der Waals surface area (Å²) in [5.74, 6) is 0.923. The molecule has 1 aliphatic rings. The number of rotatable bonds is 6. The van der Waals surface area contributed by atoms with Crippen LogP contribution in [0.15, 0.2) is 24.3 Å². The van der Waals surface area contributed by atoms with Crippen LogP contribution in [-0.2, 0) is 6.54 Å². The Labute approximate surface area is 117 Å². The summed E-state index contributed by atoms with van der Waals surface area (Å²) in [4.78, 5) is 2.44. The van der Waals surface area contributed by atoms with E-state index >= 15 is 0 Å². The van der Waals surface area contributed by atoms with Crippen LogP contribution < -0.4 is 10.6 Å². The van der Waals surface area contributed by atoms with Crippen molar-refractivity contribution in [3.05, 3.63) is 29.8 Å². The first-order valence-electron chi connectivity index (χ1n) is 7.44. The Bertz CT molecular complexity index is 370. The minimum absolute atomic E-state index is 0.923. The van der Waals surface area contributed by atoms with Gasteiger partial charge in [0.05, 0.1) is 0 Å². The third-order valence-electron chi connectivity index (χ3n) is 4.11. The van der Waals surface area contributed by atoms with Gasteiger partial charge in [-0.15, -0.1) is 0 Å². The van der Waals surface area contributed by atoms with Crippen molar-refractivity contribution >= 4 is 5.69 Å². The monoisotopic (exact) mass is 261 g/mol. The Hall–Kier alpha value is -1.06. The minimum Gasteiger partial charge on any atom is -0.388 e. The summed E-state index contributed by atoms with van der Waals surface area (Å²) in [6.07, 6.45) is 4.06. The van der Waals surface area contributed by atoms with Crippen LogP contribution in [0.25, 0.3) is 0 Å². The Balaban J connectivity index is 1.63. The van der Waals surface area contributed by atoms with E-state index in [-0.39, 0.29) is 0 Å². The fourth-order valence-electron chi connectivity index (χ4n) is 2.73. The predicted octanol–water partition coefficient (Wildman–Crippen LogP) is 2.55. The Morgan fingerprint density at radius 3 is 2.79 bits per heavy atom. The van der Waals surface area contributed by atoms with Gasteiger partial charge in [0.25, 0.3) is 0 Å². The molecule has 3 nitrogen and oxygen atoms in total. The second-order valence-electron chi connectivity index (χ2n) is 5.66. The summed E-state index contributed by atoms with van der Waals surface area (Å²) in [6.45, 7) is 4.66. The number of likely N-dealkylation sites (tertiary alicyclic amines) is 1. The highest BCUT2D eigenvalue weighted by atomic mass is 15.1. The Kier molecular flexibility index (Phi) is 5.67. The van der Waals surface area contributed by atoms with Gasteiger partial charge in [-0.1, -0.05) is 12.1 Å². The number of anilines is 1. The van der Waals surface area contributed by atoms with Crippen LogP contribution in [0.2, 0.25) is 0 Å². The largest absolute Gasteiger partial charge is 0.388 e. The van der Waals surface area contributed by atoms with Gasteiger partial charge in [-0.2, -0.15) is 0 Å². The summed E-state index contributed by atoms with van der Waals surface area (Å²) in [6, 6.07) is 8.60. The van der Waals surface area contributed by atoms with Gasteiger partial charge in [0.2, 0.25) is 0 Å². The van der Waals surface area contributed by atoms with Gasteiger partial charge < -0.3 is 15.5 Å². The standard InChI is InChI=1S/C16H27N3/c1-17-16-5-3-4-15(12-16)13-18-9-6-14-7-10-19(2)11-8-14/h3-5,12,14,17-18H,6-11,13H2,1-2H3. The van der Waals surface area contributed by atoms with Gasteiger partial charge in [0.1, 0.15) is 0 Å². The van der Waals surface area contributed by atoms with E-state index in [0.717, 1.165) is 19.0 Å². The molecule has 0 saturated carbocycles. The molecule has 0 radical (unpaired) electrons. The zero-order valence-electron chi connectivity index (χ0n) is 12.3. The molecule has 0 bridgehead atoms. The van der Waals surface area contributed by atoms with Gasteiger partial charge in [-0.25, -0.2) is 0 Å². The fraction of sp³-hybridized carbons (Fsp3) is 0.625. The molecule has 0 spiro atoms. The molecule has 1 saturated heterocycles. The van der Waals surface area contributed by atoms with E-state index in [2.05, 4.69) is 46.8 Å². The van der Waals surface area contributed by atoms with Crippen LogP contribution in [0.4, 0.5) is 5.69 Å². The molecule has 1 aromatic carbocycles. The molecule has 0 amide bonds. The molecule has 0 aliphatic carbocycles. The molecule has 1 heterocycles. The Morgan fingerprint density at radius 1 is 1.26 bits per heavy atom. The molecular formula is C16H27N3. The lowest BCUT2D eigenvalue weighted by atomic mass is 9.94. The lowest BCUT2D eigenvalue weighted by Gasteiger charge is -2.28. The highest BCUT2D eigenvalue weighted by Crippen LogP contribution is 2.18. The average Bonchev–Trinajstić information content (AvgIpc) is 2.46. The zero-order chi connectivity index (χ0) is 13.5. The number of hydrogen-bond acceptors (Lipinski definition) is 3. The molecule has 106 valence electrons. The van der Waals surface area contributed by atoms with Crippen molar-refractivity contribution in [2.45, 2.75) is 25.8 Å². The first kappa shape index (κ1) is 14.4. The van der Waals surface area contributed by atoms with E-state index in [4.69, 9.17) is 0 Å². The molecule has 1 fully saturated rings. The van der Waals surface area contributed by atoms with E-state index in [1.807, 2.05) is 7.05 Å². The van der Waals surface area contributed by atoms with Crippen LogP contribution >= 0.6 is 0 Å². The number of hydrogen-bond donors (Lipinski definition) is 2. The quantitative estimate of drug-likeness (QED) is 0.771. The summed E-state index contributed by atoms with van der Waals surface area (Å²) in [5.41, 5.74) is 2.55. The molecule has 0 unspecified atom stereocenters. The molecule has 1 aromatic rings. The first-order valence-corrected chi connectivity index (χ1v) is 7.44. The van der Waals surface area contributed by atoms with E-state index in [0.29, 0.717) is 0 Å². The normalized spacial score (nSPS) is 17.6. The maximum absolute atomic E-state index is 3.57. The number of nitrogens with zero attached hydrogens (tertiary/aromatic N) is 1. The van der Waals surface area contributed by atoms with Gasteiger partial charge in [-0.3, -0.25) is 0 Å². The third kappa shape index (κ3) is 4.84. The molecular weight excluding hydrogens is 234 g/mol. The van der Waals surface area contributed by atoms with E-state index in [1.165, 1.54) is 43.6 Å². The second kappa shape index (κ2) is 7.51. The lowest BCUT2D eigenvalue weighted by Crippen LogP contribution is -2.31. The van der Waals surface area contributed by atoms with E-state index < -0.39 is 0 Å². The van der Waals surface area contributed by atoms with Gasteiger partial charge in [0, 0.05) is 19.3 Å². The SMILES string of the molecule is CNc1cccc(CNCCC2CCN(C)CC2)c1. The Morgan fingerprint density at radius 2 is 2.05 bits per heavy atom. The van der Waals surface area contributed by atoms with Crippen LogP contribution in [0.3, 0.4) is 0 Å². The second-order valence-corrected chi connectivity index (χ2v) is 5.66. The summed E-state index contributed by atoms with van der Waals surface area (Å²) in [5, 5.41) is 6.75. The highest BCUT2D eigenvalue weighted by molar-refractivity contribution is 5.44. The van der Waals surface area contributed by atoms with Crippen molar-refractivity contribution in [3.8, 4) is 0 Å². The predicted molar refractivity (Wildman–Crippen MR) is 82.5 cm³/mol. The number of piperidine rings is 1. The zero-order valence-corrected chi connectivity index (χ0v) is 12.3. The van der Waals surface area contributed by atoms with E-state index in [9.17, 15) is 0 Å². The maximum atomic E-state index is 3.57. The van der Waals surface area contributed by atoms with Gasteiger partial charge in [0.15, 0.2) is 0 Å². The average molecular weight is 261 g/mol. The van der Waals surface area contributed by atoms with E-state index in [1.54, 1.807) is 0 Å². The van der Waals surface area contributed by atoms with Crippen LogP contribution in [-0.4, -0.2) is 38.6 Å². The summed E-state index contributed by atoms with van der Waals surface area (Å²) >= 11 is 0. The summed E-state index contributed by atoms with van der Waals surface area (Å²) in [7, 11) is 4.19. The molecule has 0 aromatic heterocycles. The lowest BCUT2D eigenvalue weighted by molar-refractivity contribution is 0.211. The van der Waals surface area contributed by atoms with Crippen molar-refractivity contribution in [2.75, 3.05) is 39.0 Å². The van der Waals surface area contributed by atoms with Crippen molar-refractivity contribution in [1.29, 1.82) is 0 Å². The maximum Gasteiger partial charge on any atom is 0.0340 e. The molecule has 0 atom stereocenters. The number of nitrogens with one attached hydrogen (secondary N) is 2. The van der Waals surface area contributed by atoms with Gasteiger partial charge in [-0.05, 0) is 69.6 Å². The van der Waals surface area contributed by atoms with Crippen molar-refractivity contribution in [3.63, 3.8) is 0 Å². The minimum atomic E-state index is 0.923. The van der Waals surface area contributed by atoms with Crippen molar-refractivity contribution in [1.82, 2.24) is 10.2 Å². The van der Waals surface area contributed by atoms with Crippen molar-refractivity contribution in [2.24, 2.45) is 5.92 Å². The highest BCUT2D eigenvalue weighted by Gasteiger charge is 2.15. The molecule has 1 aliphatic heterocycles. The molecule has 2 rings (SSSR count). The smallest absolute Gasteiger partial charge is 0.0340 e. The summed E-state index contributed by atoms with van der Waals surface area (Å²) < 4.78 is 0. The van der Waals surface area contributed by atoms with Gasteiger partial charge >= 0.3 is 0 Å².